The zero-order chi connectivity index (χ0) is 11.7. The number of hydrogen-bond donors (Lipinski definition) is 2. The molecular formula is C11H9NO3Se. The topological polar surface area (TPSA) is 70.2 Å². The minimum atomic E-state index is -1.03. The van der Waals surface area contributed by atoms with E-state index in [2.05, 4.69) is 10.6 Å². The minimum absolute atomic E-state index is 0.0660. The fourth-order valence-electron chi connectivity index (χ4n) is 1.53. The van der Waals surface area contributed by atoms with Gasteiger partial charge in [-0.25, -0.2) is 0 Å². The van der Waals surface area contributed by atoms with Gasteiger partial charge in [-0.3, -0.25) is 0 Å². The van der Waals surface area contributed by atoms with Crippen molar-refractivity contribution in [2.75, 3.05) is 0 Å². The van der Waals surface area contributed by atoms with Gasteiger partial charge in [-0.15, -0.1) is 0 Å². The molecule has 0 spiro atoms. The molecule has 0 aliphatic rings. The molecule has 16 heavy (non-hydrogen) atoms. The molecule has 0 radical (unpaired) electrons. The zero-order valence-corrected chi connectivity index (χ0v) is 10.0. The van der Waals surface area contributed by atoms with Crippen molar-refractivity contribution in [3.05, 3.63) is 45.0 Å². The monoisotopic (exact) mass is 283 g/mol. The summed E-state index contributed by atoms with van der Waals surface area (Å²) in [7, 11) is 0. The van der Waals surface area contributed by atoms with Crippen LogP contribution in [0.4, 0.5) is 0 Å². The first-order chi connectivity index (χ1) is 7.59. The van der Waals surface area contributed by atoms with Gasteiger partial charge in [0, 0.05) is 0 Å². The molecule has 0 aliphatic heterocycles. The van der Waals surface area contributed by atoms with Gasteiger partial charge in [-0.1, -0.05) is 0 Å². The summed E-state index contributed by atoms with van der Waals surface area (Å²) in [6.45, 7) is 3.47. The maximum absolute atomic E-state index is 11.6. The Bertz CT molecular complexity index is 623. The fourth-order valence-corrected chi connectivity index (χ4v) is 3.03. The van der Waals surface area contributed by atoms with Crippen molar-refractivity contribution in [2.24, 2.45) is 0 Å². The quantitative estimate of drug-likeness (QED) is 0.645. The van der Waals surface area contributed by atoms with E-state index in [0.29, 0.717) is 5.39 Å². The van der Waals surface area contributed by atoms with Gasteiger partial charge in [-0.05, 0) is 0 Å². The molecule has 2 N–H and O–H groups in total. The Hall–Kier alpha value is -1.58. The average molecular weight is 282 g/mol. The number of fused-ring (bicyclic) bond motifs is 1. The number of carbonyl (C=O) groups is 1. The molecule has 0 saturated heterocycles. The normalized spacial score (nSPS) is 10.5. The molecule has 2 aromatic rings. The van der Waals surface area contributed by atoms with Gasteiger partial charge in [0.05, 0.1) is 0 Å². The molecule has 82 valence electrons. The second-order valence-electron chi connectivity index (χ2n) is 3.42. The van der Waals surface area contributed by atoms with Gasteiger partial charge < -0.3 is 0 Å². The molecule has 0 amide bonds. The number of carboxylic acids is 1. The van der Waals surface area contributed by atoms with E-state index in [4.69, 9.17) is 5.11 Å². The van der Waals surface area contributed by atoms with Crippen LogP contribution in [-0.4, -0.2) is 29.8 Å². The van der Waals surface area contributed by atoms with E-state index in [1.807, 2.05) is 12.1 Å². The van der Waals surface area contributed by atoms with E-state index in [0.717, 1.165) is 11.1 Å². The van der Waals surface area contributed by atoms with E-state index >= 15 is 0 Å². The maximum atomic E-state index is 11.6. The first-order valence-electron chi connectivity index (χ1n) is 4.59. The predicted octanol–water partition coefficient (Wildman–Crippen LogP) is 0.768. The number of H-pyrrole nitrogens is 1. The molecule has 0 atom stereocenters. The van der Waals surface area contributed by atoms with Gasteiger partial charge in [0.15, 0.2) is 0 Å². The third-order valence-corrected chi connectivity index (χ3v) is 3.81. The Morgan fingerprint density at radius 3 is 2.94 bits per heavy atom. The van der Waals surface area contributed by atoms with Crippen LogP contribution in [0.1, 0.15) is 5.56 Å². The van der Waals surface area contributed by atoms with Gasteiger partial charge in [0.25, 0.3) is 0 Å². The van der Waals surface area contributed by atoms with E-state index in [1.165, 1.54) is 0 Å². The summed E-state index contributed by atoms with van der Waals surface area (Å²) in [5.74, 6) is -1.03. The summed E-state index contributed by atoms with van der Waals surface area (Å²) in [5.41, 5.74) is 1.64. The molecule has 2 rings (SSSR count). The van der Waals surface area contributed by atoms with E-state index in [1.54, 1.807) is 6.07 Å². The molecule has 0 saturated carbocycles. The molecule has 0 fully saturated rings. The molecule has 0 aliphatic carbocycles. The summed E-state index contributed by atoms with van der Waals surface area (Å²) < 4.78 is 3.09. The Morgan fingerprint density at radius 1 is 1.50 bits per heavy atom. The molecular weight excluding hydrogens is 273 g/mol. The van der Waals surface area contributed by atoms with Crippen LogP contribution >= 0.6 is 0 Å². The van der Waals surface area contributed by atoms with Crippen LogP contribution in [0.25, 0.3) is 10.9 Å². The van der Waals surface area contributed by atoms with Crippen LogP contribution in [0.15, 0.2) is 35.1 Å². The summed E-state index contributed by atoms with van der Waals surface area (Å²) in [6.07, 6.45) is 0.210. The summed E-state index contributed by atoms with van der Waals surface area (Å²) in [5, 5.41) is 9.39. The predicted molar refractivity (Wildman–Crippen MR) is 62.0 cm³/mol. The van der Waals surface area contributed by atoms with Gasteiger partial charge >= 0.3 is 96.9 Å². The number of benzene rings is 1. The Labute approximate surface area is 97.2 Å². The first-order valence-corrected chi connectivity index (χ1v) is 6.31. The number of aliphatic carboxylic acids is 1. The van der Waals surface area contributed by atoms with Crippen molar-refractivity contribution in [2.45, 2.75) is 6.42 Å². The second kappa shape index (κ2) is 4.12. The van der Waals surface area contributed by atoms with Gasteiger partial charge in [-0.2, -0.15) is 0 Å². The average Bonchev–Trinajstić information content (AvgIpc) is 2.61. The number of carboxylic acid groups (broad SMARTS) is 1. The van der Waals surface area contributed by atoms with Crippen LogP contribution < -0.4 is 4.30 Å². The number of rotatable bonds is 3. The van der Waals surface area contributed by atoms with Crippen molar-refractivity contribution < 1.29 is 9.90 Å². The van der Waals surface area contributed by atoms with E-state index < -0.39 is 5.97 Å². The molecule has 0 bridgehead atoms. The van der Waals surface area contributed by atoms with Crippen LogP contribution in [0.3, 0.4) is 0 Å². The summed E-state index contributed by atoms with van der Waals surface area (Å²) in [4.78, 5) is 22.3. The third-order valence-electron chi connectivity index (χ3n) is 2.31. The van der Waals surface area contributed by atoms with Gasteiger partial charge in [0.2, 0.25) is 0 Å². The summed E-state index contributed by atoms with van der Waals surface area (Å²) in [6, 6.07) is 5.41. The van der Waals surface area contributed by atoms with Crippen molar-refractivity contribution in [3.8, 4) is 0 Å². The van der Waals surface area contributed by atoms with E-state index in [9.17, 15) is 9.59 Å². The molecule has 4 nitrogen and oxygen atoms in total. The van der Waals surface area contributed by atoms with Crippen molar-refractivity contribution >= 4 is 31.6 Å². The van der Waals surface area contributed by atoms with Crippen molar-refractivity contribution in [3.63, 3.8) is 0 Å². The Morgan fingerprint density at radius 2 is 2.25 bits per heavy atom. The van der Waals surface area contributed by atoms with Crippen LogP contribution in [0.2, 0.25) is 0 Å². The SMILES string of the molecule is C=C(Cc1cccc2[nH][se]c(=O)c12)C(=O)O. The molecule has 5 heteroatoms. The van der Waals surface area contributed by atoms with Crippen molar-refractivity contribution in [1.82, 2.24) is 3.98 Å². The standard InChI is InChI=1S/C11H9NO3Se/c1-6(10(13)14)5-7-3-2-4-8-9(7)11(15)16-12-8/h2-4,12H,1,5H2,(H,13,14). The number of aromatic nitrogens is 1. The Balaban J connectivity index is 2.52. The Kier molecular flexibility index (Phi) is 2.81. The van der Waals surface area contributed by atoms with Crippen molar-refractivity contribution in [1.29, 1.82) is 0 Å². The van der Waals surface area contributed by atoms with Gasteiger partial charge in [0.1, 0.15) is 0 Å². The third kappa shape index (κ3) is 1.87. The number of nitrogens with one attached hydrogen (secondary N) is 1. The fraction of sp³-hybridized carbons (Fsp3) is 0.0909. The second-order valence-corrected chi connectivity index (χ2v) is 5.05. The zero-order valence-electron chi connectivity index (χ0n) is 8.32. The molecule has 0 unspecified atom stereocenters. The number of aromatic amines is 1. The van der Waals surface area contributed by atoms with E-state index in [-0.39, 0.29) is 31.0 Å². The first kappa shape index (κ1) is 10.9. The van der Waals surface area contributed by atoms with Crippen LogP contribution in [-0.2, 0) is 11.2 Å². The molecule has 1 aromatic carbocycles. The summed E-state index contributed by atoms with van der Waals surface area (Å²) >= 11 is -0.261. The van der Waals surface area contributed by atoms with Crippen LogP contribution in [0.5, 0.6) is 0 Å². The molecule has 1 aromatic heterocycles. The molecule has 1 heterocycles. The number of hydrogen-bond acceptors (Lipinski definition) is 2. The van der Waals surface area contributed by atoms with Crippen LogP contribution in [0, 0.1) is 0 Å².